The van der Waals surface area contributed by atoms with Gasteiger partial charge in [0, 0.05) is 44.8 Å². The number of carbonyl (C=O) groups is 1. The molecule has 2 aromatic rings. The minimum atomic E-state index is 0.0108. The Morgan fingerprint density at radius 2 is 2.35 bits per heavy atom. The summed E-state index contributed by atoms with van der Waals surface area (Å²) in [6.45, 7) is 4.91. The van der Waals surface area contributed by atoms with E-state index in [2.05, 4.69) is 20.5 Å². The molecule has 1 aromatic heterocycles. The molecule has 0 bridgehead atoms. The highest BCUT2D eigenvalue weighted by molar-refractivity contribution is 5.92. The standard InChI is InChI=1S/C17H23N5O/c1-13-4-3-5-14(10-13)20-16(23)12-22-9-6-18-11-15(22)17-19-7-8-21(17)2/h3-5,7-8,10,15,18H,6,9,11-12H2,1-2H3,(H,20,23). The summed E-state index contributed by atoms with van der Waals surface area (Å²) < 4.78 is 2.02. The van der Waals surface area contributed by atoms with Crippen molar-refractivity contribution < 1.29 is 4.79 Å². The highest BCUT2D eigenvalue weighted by Gasteiger charge is 2.28. The average molecular weight is 313 g/mol. The lowest BCUT2D eigenvalue weighted by molar-refractivity contribution is -0.118. The molecule has 0 aliphatic carbocycles. The number of carbonyl (C=O) groups excluding carboxylic acids is 1. The molecule has 2 heterocycles. The van der Waals surface area contributed by atoms with Crippen LogP contribution in [0, 0.1) is 6.92 Å². The Kier molecular flexibility index (Phi) is 4.73. The number of piperazine rings is 1. The third-order valence-electron chi connectivity index (χ3n) is 4.16. The van der Waals surface area contributed by atoms with E-state index in [0.29, 0.717) is 6.54 Å². The summed E-state index contributed by atoms with van der Waals surface area (Å²) in [6, 6.07) is 7.98. The van der Waals surface area contributed by atoms with Crippen LogP contribution < -0.4 is 10.6 Å². The lowest BCUT2D eigenvalue weighted by Crippen LogP contribution is -2.49. The number of hydrogen-bond acceptors (Lipinski definition) is 4. The van der Waals surface area contributed by atoms with Crippen LogP contribution in [0.2, 0.25) is 0 Å². The molecule has 0 radical (unpaired) electrons. The number of rotatable bonds is 4. The van der Waals surface area contributed by atoms with Crippen molar-refractivity contribution in [3.63, 3.8) is 0 Å². The number of aryl methyl sites for hydroxylation is 2. The number of aromatic nitrogens is 2. The first-order valence-electron chi connectivity index (χ1n) is 7.92. The molecule has 0 spiro atoms. The van der Waals surface area contributed by atoms with E-state index in [-0.39, 0.29) is 11.9 Å². The first-order chi connectivity index (χ1) is 11.1. The van der Waals surface area contributed by atoms with Gasteiger partial charge in [0.1, 0.15) is 5.82 Å². The summed E-state index contributed by atoms with van der Waals surface area (Å²) in [7, 11) is 1.99. The molecule has 6 heteroatoms. The summed E-state index contributed by atoms with van der Waals surface area (Å²) in [5.74, 6) is 0.997. The Labute approximate surface area is 136 Å². The van der Waals surface area contributed by atoms with Crippen LogP contribution in [-0.2, 0) is 11.8 Å². The van der Waals surface area contributed by atoms with Crippen LogP contribution in [0.3, 0.4) is 0 Å². The van der Waals surface area contributed by atoms with Crippen LogP contribution in [0.15, 0.2) is 36.7 Å². The summed E-state index contributed by atoms with van der Waals surface area (Å²) in [5.41, 5.74) is 1.98. The van der Waals surface area contributed by atoms with Gasteiger partial charge < -0.3 is 15.2 Å². The van der Waals surface area contributed by atoms with Gasteiger partial charge in [-0.15, -0.1) is 0 Å². The van der Waals surface area contributed by atoms with Crippen molar-refractivity contribution in [1.29, 1.82) is 0 Å². The zero-order valence-corrected chi connectivity index (χ0v) is 13.6. The van der Waals surface area contributed by atoms with Gasteiger partial charge in [-0.2, -0.15) is 0 Å². The van der Waals surface area contributed by atoms with E-state index in [1.165, 1.54) is 0 Å². The second-order valence-corrected chi connectivity index (χ2v) is 6.00. The summed E-state index contributed by atoms with van der Waals surface area (Å²) in [4.78, 5) is 19.0. The van der Waals surface area contributed by atoms with Crippen molar-refractivity contribution in [2.24, 2.45) is 7.05 Å². The maximum Gasteiger partial charge on any atom is 0.238 e. The van der Waals surface area contributed by atoms with Crippen LogP contribution in [0.5, 0.6) is 0 Å². The molecule has 2 N–H and O–H groups in total. The minimum Gasteiger partial charge on any atom is -0.337 e. The van der Waals surface area contributed by atoms with E-state index in [4.69, 9.17) is 0 Å². The first-order valence-corrected chi connectivity index (χ1v) is 7.92. The van der Waals surface area contributed by atoms with Gasteiger partial charge >= 0.3 is 0 Å². The maximum absolute atomic E-state index is 12.4. The van der Waals surface area contributed by atoms with Gasteiger partial charge in [0.25, 0.3) is 0 Å². The second-order valence-electron chi connectivity index (χ2n) is 6.00. The Morgan fingerprint density at radius 3 is 3.09 bits per heavy atom. The average Bonchev–Trinajstić information content (AvgIpc) is 2.94. The molecular formula is C17H23N5O. The van der Waals surface area contributed by atoms with Gasteiger partial charge in [0.05, 0.1) is 12.6 Å². The van der Waals surface area contributed by atoms with Crippen molar-refractivity contribution in [3.8, 4) is 0 Å². The fourth-order valence-electron chi connectivity index (χ4n) is 3.00. The molecule has 1 amide bonds. The molecule has 3 rings (SSSR count). The van der Waals surface area contributed by atoms with E-state index >= 15 is 0 Å². The molecule has 122 valence electrons. The molecule has 6 nitrogen and oxygen atoms in total. The van der Waals surface area contributed by atoms with Crippen molar-refractivity contribution in [2.45, 2.75) is 13.0 Å². The highest BCUT2D eigenvalue weighted by atomic mass is 16.2. The predicted octanol–water partition coefficient (Wildman–Crippen LogP) is 1.31. The SMILES string of the molecule is Cc1cccc(NC(=O)CN2CCNCC2c2nccn2C)c1. The van der Waals surface area contributed by atoms with E-state index in [1.807, 2.05) is 49.0 Å². The molecule has 23 heavy (non-hydrogen) atoms. The molecule has 1 saturated heterocycles. The smallest absolute Gasteiger partial charge is 0.238 e. The first kappa shape index (κ1) is 15.7. The van der Waals surface area contributed by atoms with Crippen LogP contribution >= 0.6 is 0 Å². The molecule has 1 aliphatic heterocycles. The van der Waals surface area contributed by atoms with E-state index in [9.17, 15) is 4.79 Å². The summed E-state index contributed by atoms with van der Waals surface area (Å²) in [6.07, 6.45) is 3.74. The highest BCUT2D eigenvalue weighted by Crippen LogP contribution is 2.20. The number of anilines is 1. The number of amides is 1. The number of nitrogens with one attached hydrogen (secondary N) is 2. The topological polar surface area (TPSA) is 62.2 Å². The van der Waals surface area contributed by atoms with E-state index < -0.39 is 0 Å². The van der Waals surface area contributed by atoms with Crippen LogP contribution in [0.4, 0.5) is 5.69 Å². The fraction of sp³-hybridized carbons (Fsp3) is 0.412. The zero-order valence-electron chi connectivity index (χ0n) is 13.6. The van der Waals surface area contributed by atoms with Crippen LogP contribution in [-0.4, -0.2) is 46.5 Å². The van der Waals surface area contributed by atoms with Gasteiger partial charge in [-0.25, -0.2) is 4.98 Å². The van der Waals surface area contributed by atoms with E-state index in [0.717, 1.165) is 36.7 Å². The van der Waals surface area contributed by atoms with E-state index in [1.54, 1.807) is 6.20 Å². The molecular weight excluding hydrogens is 290 g/mol. The quantitative estimate of drug-likeness (QED) is 0.893. The Bertz CT molecular complexity index is 681. The van der Waals surface area contributed by atoms with Gasteiger partial charge in [0.15, 0.2) is 0 Å². The lowest BCUT2D eigenvalue weighted by atomic mass is 10.1. The van der Waals surface area contributed by atoms with Gasteiger partial charge in [-0.05, 0) is 24.6 Å². The Morgan fingerprint density at radius 1 is 1.48 bits per heavy atom. The minimum absolute atomic E-state index is 0.0108. The Balaban J connectivity index is 1.67. The summed E-state index contributed by atoms with van der Waals surface area (Å²) in [5, 5.41) is 6.37. The third kappa shape index (κ3) is 3.78. The monoisotopic (exact) mass is 313 g/mol. The lowest BCUT2D eigenvalue weighted by Gasteiger charge is -2.35. The number of imidazole rings is 1. The zero-order chi connectivity index (χ0) is 16.2. The number of hydrogen-bond donors (Lipinski definition) is 2. The number of nitrogens with zero attached hydrogens (tertiary/aromatic N) is 3. The number of benzene rings is 1. The Hall–Kier alpha value is -2.18. The van der Waals surface area contributed by atoms with Gasteiger partial charge in [-0.3, -0.25) is 9.69 Å². The molecule has 1 aliphatic rings. The van der Waals surface area contributed by atoms with Crippen molar-refractivity contribution in [2.75, 3.05) is 31.5 Å². The fourth-order valence-corrected chi connectivity index (χ4v) is 3.00. The van der Waals surface area contributed by atoms with Gasteiger partial charge in [-0.1, -0.05) is 12.1 Å². The maximum atomic E-state index is 12.4. The van der Waals surface area contributed by atoms with Crippen LogP contribution in [0.1, 0.15) is 17.4 Å². The molecule has 1 atom stereocenters. The van der Waals surface area contributed by atoms with Gasteiger partial charge in [0.2, 0.25) is 5.91 Å². The van der Waals surface area contributed by atoms with Crippen molar-refractivity contribution >= 4 is 11.6 Å². The van der Waals surface area contributed by atoms with Crippen LogP contribution in [0.25, 0.3) is 0 Å². The molecule has 1 unspecified atom stereocenters. The largest absolute Gasteiger partial charge is 0.337 e. The summed E-state index contributed by atoms with van der Waals surface area (Å²) >= 11 is 0. The predicted molar refractivity (Wildman–Crippen MR) is 90.2 cm³/mol. The van der Waals surface area contributed by atoms with Crippen molar-refractivity contribution in [3.05, 3.63) is 48.0 Å². The molecule has 0 saturated carbocycles. The molecule has 1 fully saturated rings. The van der Waals surface area contributed by atoms with Crippen molar-refractivity contribution in [1.82, 2.24) is 19.8 Å². The third-order valence-corrected chi connectivity index (χ3v) is 4.16. The molecule has 1 aromatic carbocycles. The second kappa shape index (κ2) is 6.93. The normalized spacial score (nSPS) is 18.8.